The van der Waals surface area contributed by atoms with Crippen molar-refractivity contribution in [2.24, 2.45) is 0 Å². The van der Waals surface area contributed by atoms with Crippen LogP contribution in [0.3, 0.4) is 0 Å². The molecule has 1 unspecified atom stereocenters. The van der Waals surface area contributed by atoms with Gasteiger partial charge in [-0.1, -0.05) is 23.2 Å². The molecule has 1 saturated heterocycles. The summed E-state index contributed by atoms with van der Waals surface area (Å²) in [7, 11) is 0. The van der Waals surface area contributed by atoms with Gasteiger partial charge in [0.05, 0.1) is 15.0 Å². The van der Waals surface area contributed by atoms with Gasteiger partial charge in [-0.2, -0.15) is 0 Å². The molecule has 0 spiro atoms. The fraction of sp³-hybridized carbons (Fsp3) is 0.364. The number of hydrogen-bond acceptors (Lipinski definition) is 4. The molecule has 2 rings (SSSR count). The summed E-state index contributed by atoms with van der Waals surface area (Å²) in [4.78, 5) is 21.5. The van der Waals surface area contributed by atoms with E-state index in [1.165, 1.54) is 12.1 Å². The molecule has 0 aromatic heterocycles. The number of nitro groups is 1. The molecule has 6 nitrogen and oxygen atoms in total. The molecule has 102 valence electrons. The minimum absolute atomic E-state index is 0.0123. The van der Waals surface area contributed by atoms with Gasteiger partial charge < -0.3 is 10.6 Å². The summed E-state index contributed by atoms with van der Waals surface area (Å²) >= 11 is 11.6. The zero-order valence-electron chi connectivity index (χ0n) is 9.78. The van der Waals surface area contributed by atoms with Crippen molar-refractivity contribution in [2.45, 2.75) is 18.9 Å². The lowest BCUT2D eigenvalue weighted by Gasteiger charge is -2.24. The van der Waals surface area contributed by atoms with Crippen molar-refractivity contribution in [3.05, 3.63) is 32.3 Å². The molecule has 8 heteroatoms. The minimum Gasteiger partial charge on any atom is -0.375 e. The van der Waals surface area contributed by atoms with Crippen molar-refractivity contribution >= 4 is 40.5 Å². The molecule has 1 aliphatic rings. The minimum atomic E-state index is -0.522. The van der Waals surface area contributed by atoms with E-state index in [-0.39, 0.29) is 27.7 Å². The molecule has 1 aromatic carbocycles. The number of halogens is 2. The van der Waals surface area contributed by atoms with Gasteiger partial charge in [0.1, 0.15) is 5.69 Å². The van der Waals surface area contributed by atoms with E-state index in [1.807, 2.05) is 0 Å². The van der Waals surface area contributed by atoms with Crippen LogP contribution in [-0.2, 0) is 4.79 Å². The van der Waals surface area contributed by atoms with Gasteiger partial charge in [-0.15, -0.1) is 0 Å². The second kappa shape index (κ2) is 5.63. The van der Waals surface area contributed by atoms with E-state index in [2.05, 4.69) is 10.6 Å². The number of benzene rings is 1. The first kappa shape index (κ1) is 13.9. The number of nitro benzene ring substituents is 1. The van der Waals surface area contributed by atoms with E-state index in [4.69, 9.17) is 23.2 Å². The molecule has 0 bridgehead atoms. The summed E-state index contributed by atoms with van der Waals surface area (Å²) in [5.41, 5.74) is 0.173. The average Bonchev–Trinajstić information content (AvgIpc) is 2.36. The molecule has 0 saturated carbocycles. The average molecular weight is 304 g/mol. The largest absolute Gasteiger partial charge is 0.375 e. The Kier molecular flexibility index (Phi) is 4.11. The van der Waals surface area contributed by atoms with Crippen LogP contribution in [0.4, 0.5) is 11.4 Å². The summed E-state index contributed by atoms with van der Waals surface area (Å²) in [6.45, 7) is 0.427. The Labute approximate surface area is 119 Å². The van der Waals surface area contributed by atoms with Crippen LogP contribution in [0.2, 0.25) is 10.0 Å². The van der Waals surface area contributed by atoms with E-state index < -0.39 is 4.92 Å². The van der Waals surface area contributed by atoms with Gasteiger partial charge in [0.25, 0.3) is 5.69 Å². The Balaban J connectivity index is 2.21. The van der Waals surface area contributed by atoms with Crippen LogP contribution in [0.1, 0.15) is 12.8 Å². The molecule has 1 atom stereocenters. The van der Waals surface area contributed by atoms with Crippen LogP contribution in [0.25, 0.3) is 0 Å². The van der Waals surface area contributed by atoms with Crippen LogP contribution >= 0.6 is 23.2 Å². The van der Waals surface area contributed by atoms with E-state index in [1.54, 1.807) is 0 Å². The maximum absolute atomic E-state index is 11.0. The van der Waals surface area contributed by atoms with E-state index in [0.29, 0.717) is 25.1 Å². The third-order valence-electron chi connectivity index (χ3n) is 2.86. The number of nitrogens with zero attached hydrogens (tertiary/aromatic N) is 1. The first-order chi connectivity index (χ1) is 8.97. The number of piperidine rings is 1. The number of hydrogen-bond donors (Lipinski definition) is 2. The Morgan fingerprint density at radius 1 is 1.37 bits per heavy atom. The van der Waals surface area contributed by atoms with Crippen LogP contribution < -0.4 is 10.6 Å². The van der Waals surface area contributed by atoms with Gasteiger partial charge in [-0.3, -0.25) is 14.9 Å². The van der Waals surface area contributed by atoms with Crippen LogP contribution in [-0.4, -0.2) is 23.4 Å². The molecule has 0 aliphatic carbocycles. The highest BCUT2D eigenvalue weighted by atomic mass is 35.5. The monoisotopic (exact) mass is 303 g/mol. The molecule has 1 amide bonds. The van der Waals surface area contributed by atoms with Crippen LogP contribution in [0.15, 0.2) is 12.1 Å². The Bertz CT molecular complexity index is 526. The maximum atomic E-state index is 11.0. The highest BCUT2D eigenvalue weighted by Crippen LogP contribution is 2.34. The summed E-state index contributed by atoms with van der Waals surface area (Å²) in [5.74, 6) is -0.0123. The molecule has 1 fully saturated rings. The van der Waals surface area contributed by atoms with Gasteiger partial charge in [0, 0.05) is 25.1 Å². The Hall–Kier alpha value is -1.53. The van der Waals surface area contributed by atoms with E-state index in [9.17, 15) is 14.9 Å². The number of carbonyl (C=O) groups excluding carboxylic acids is 1. The highest BCUT2D eigenvalue weighted by molar-refractivity contribution is 6.42. The van der Waals surface area contributed by atoms with Crippen LogP contribution in [0, 0.1) is 10.1 Å². The number of amides is 1. The predicted molar refractivity (Wildman–Crippen MR) is 72.8 cm³/mol. The fourth-order valence-electron chi connectivity index (χ4n) is 1.88. The number of anilines is 1. The van der Waals surface area contributed by atoms with Gasteiger partial charge in [0.15, 0.2) is 0 Å². The molecule has 1 aromatic rings. The van der Waals surface area contributed by atoms with E-state index in [0.717, 1.165) is 0 Å². The summed E-state index contributed by atoms with van der Waals surface area (Å²) in [5, 5.41) is 17.1. The van der Waals surface area contributed by atoms with Crippen molar-refractivity contribution in [3.63, 3.8) is 0 Å². The van der Waals surface area contributed by atoms with E-state index >= 15 is 0 Å². The third-order valence-corrected chi connectivity index (χ3v) is 3.58. The zero-order valence-corrected chi connectivity index (χ0v) is 11.3. The summed E-state index contributed by atoms with van der Waals surface area (Å²) in [6, 6.07) is 2.58. The van der Waals surface area contributed by atoms with Gasteiger partial charge >= 0.3 is 0 Å². The molecule has 1 aliphatic heterocycles. The van der Waals surface area contributed by atoms with Gasteiger partial charge in [-0.25, -0.2) is 0 Å². The molecule has 19 heavy (non-hydrogen) atoms. The summed E-state index contributed by atoms with van der Waals surface area (Å²) in [6.07, 6.45) is 1.01. The fourth-order valence-corrected chi connectivity index (χ4v) is 2.20. The topological polar surface area (TPSA) is 84.3 Å². The summed E-state index contributed by atoms with van der Waals surface area (Å²) < 4.78 is 0. The number of nitrogens with one attached hydrogen (secondary N) is 2. The van der Waals surface area contributed by atoms with Crippen molar-refractivity contribution in [2.75, 3.05) is 11.9 Å². The predicted octanol–water partition coefficient (Wildman–Crippen LogP) is 2.59. The molecular weight excluding hydrogens is 293 g/mol. The Morgan fingerprint density at radius 3 is 2.63 bits per heavy atom. The van der Waals surface area contributed by atoms with Crippen molar-refractivity contribution in [3.8, 4) is 0 Å². The lowest BCUT2D eigenvalue weighted by Crippen LogP contribution is -2.41. The molecular formula is C11H11Cl2N3O3. The van der Waals surface area contributed by atoms with Crippen LogP contribution in [0.5, 0.6) is 0 Å². The smallest absolute Gasteiger partial charge is 0.293 e. The third kappa shape index (κ3) is 3.27. The number of carbonyl (C=O) groups is 1. The molecule has 1 heterocycles. The van der Waals surface area contributed by atoms with Crippen molar-refractivity contribution in [1.29, 1.82) is 0 Å². The first-order valence-electron chi connectivity index (χ1n) is 5.64. The SMILES string of the molecule is O=C1CCC(Nc2cc(Cl)c(Cl)cc2[N+](=O)[O-])CN1. The zero-order chi connectivity index (χ0) is 14.0. The van der Waals surface area contributed by atoms with Gasteiger partial charge in [0.2, 0.25) is 5.91 Å². The second-order valence-electron chi connectivity index (χ2n) is 4.22. The van der Waals surface area contributed by atoms with Crippen molar-refractivity contribution in [1.82, 2.24) is 5.32 Å². The molecule has 2 N–H and O–H groups in total. The standard InChI is InChI=1S/C11H11Cl2N3O3/c12-7-3-9(10(16(18)19)4-8(7)13)15-6-1-2-11(17)14-5-6/h3-4,6,15H,1-2,5H2,(H,14,17). The molecule has 0 radical (unpaired) electrons. The lowest BCUT2D eigenvalue weighted by atomic mass is 10.1. The highest BCUT2D eigenvalue weighted by Gasteiger charge is 2.22. The quantitative estimate of drug-likeness (QED) is 0.664. The second-order valence-corrected chi connectivity index (χ2v) is 5.04. The Morgan fingerprint density at radius 2 is 2.05 bits per heavy atom. The van der Waals surface area contributed by atoms with Gasteiger partial charge in [-0.05, 0) is 12.5 Å². The number of rotatable bonds is 3. The maximum Gasteiger partial charge on any atom is 0.293 e. The lowest BCUT2D eigenvalue weighted by molar-refractivity contribution is -0.384. The normalized spacial score (nSPS) is 18.8. The van der Waals surface area contributed by atoms with Crippen molar-refractivity contribution < 1.29 is 9.72 Å². The first-order valence-corrected chi connectivity index (χ1v) is 6.39.